The van der Waals surface area contributed by atoms with Crippen LogP contribution in [0.1, 0.15) is 12.6 Å². The zero-order valence-electron chi connectivity index (χ0n) is 14.1. The van der Waals surface area contributed by atoms with Crippen LogP contribution in [-0.4, -0.2) is 76.7 Å². The van der Waals surface area contributed by atoms with Crippen molar-refractivity contribution >= 4 is 34.7 Å². The van der Waals surface area contributed by atoms with E-state index in [2.05, 4.69) is 15.0 Å². The summed E-state index contributed by atoms with van der Waals surface area (Å²) in [5.41, 5.74) is 10.9. The number of hydrogen-bond donors (Lipinski definition) is 6. The second kappa shape index (κ2) is 7.82. The Balaban J connectivity index is 1.71. The summed E-state index contributed by atoms with van der Waals surface area (Å²) < 4.78 is 6.78. The number of imidazole rings is 1. The lowest BCUT2D eigenvalue weighted by Crippen LogP contribution is -2.34. The molecule has 2 aromatic heterocycles. The number of H-pyrrole nitrogens is 1. The molecule has 0 aromatic carbocycles. The number of aliphatic carboxylic acids is 1. The molecular weight excluding hydrogens is 380 g/mol. The van der Waals surface area contributed by atoms with E-state index < -0.39 is 42.2 Å². The lowest BCUT2D eigenvalue weighted by molar-refractivity contribution is -0.138. The number of fused-ring (bicyclic) bond motifs is 1. The normalized spacial score (nSPS) is 26.5. The molecule has 148 valence electrons. The minimum absolute atomic E-state index is 0.0748. The molecule has 0 amide bonds. The Morgan fingerprint density at radius 3 is 2.85 bits per heavy atom. The first-order valence-corrected chi connectivity index (χ1v) is 9.25. The number of carboxylic acids is 1. The smallest absolute Gasteiger partial charge is 0.330 e. The summed E-state index contributed by atoms with van der Waals surface area (Å²) in [6, 6.07) is -0.958. The van der Waals surface area contributed by atoms with Crippen LogP contribution in [0, 0.1) is 0 Å². The maximum atomic E-state index is 12.3. The maximum Gasteiger partial charge on any atom is 0.330 e. The number of aliphatic hydroxyl groups is 2. The summed E-state index contributed by atoms with van der Waals surface area (Å²) in [6.45, 7) is 0. The maximum absolute atomic E-state index is 12.3. The summed E-state index contributed by atoms with van der Waals surface area (Å²) in [7, 11) is 0. The number of ether oxygens (including phenoxy) is 1. The van der Waals surface area contributed by atoms with E-state index in [0.717, 1.165) is 4.57 Å². The molecule has 0 radical (unpaired) electrons. The fourth-order valence-corrected chi connectivity index (χ4v) is 3.90. The third kappa shape index (κ3) is 3.77. The van der Waals surface area contributed by atoms with Crippen LogP contribution in [0.5, 0.6) is 0 Å². The van der Waals surface area contributed by atoms with Crippen LogP contribution in [0.15, 0.2) is 11.1 Å². The first-order chi connectivity index (χ1) is 12.8. The van der Waals surface area contributed by atoms with E-state index in [1.54, 1.807) is 0 Å². The second-order valence-electron chi connectivity index (χ2n) is 6.11. The largest absolute Gasteiger partial charge is 0.480 e. The van der Waals surface area contributed by atoms with Gasteiger partial charge in [-0.2, -0.15) is 11.8 Å². The monoisotopic (exact) mass is 400 g/mol. The predicted molar refractivity (Wildman–Crippen MR) is 96.0 cm³/mol. The minimum atomic E-state index is -1.36. The molecule has 3 heterocycles. The number of aromatic amines is 1. The number of nitrogens with two attached hydrogens (primary N) is 2. The minimum Gasteiger partial charge on any atom is -0.480 e. The number of aromatic nitrogens is 4. The van der Waals surface area contributed by atoms with E-state index in [0.29, 0.717) is 5.75 Å². The summed E-state index contributed by atoms with van der Waals surface area (Å²) in [5, 5.41) is 29.3. The fraction of sp³-hybridized carbons (Fsp3) is 0.571. The molecule has 0 bridgehead atoms. The first-order valence-electron chi connectivity index (χ1n) is 8.09. The van der Waals surface area contributed by atoms with Crippen LogP contribution in [-0.2, 0) is 9.53 Å². The summed E-state index contributed by atoms with van der Waals surface area (Å²) in [6.07, 6.45) is -3.06. The Morgan fingerprint density at radius 2 is 2.15 bits per heavy atom. The van der Waals surface area contributed by atoms with Gasteiger partial charge in [0.25, 0.3) is 0 Å². The molecule has 1 saturated heterocycles. The van der Waals surface area contributed by atoms with Crippen LogP contribution in [0.3, 0.4) is 0 Å². The molecule has 2 aromatic rings. The van der Waals surface area contributed by atoms with Gasteiger partial charge in [0.2, 0.25) is 0 Å². The number of nitrogens with zero attached hydrogens (tertiary/aromatic N) is 3. The van der Waals surface area contributed by atoms with E-state index >= 15 is 0 Å². The van der Waals surface area contributed by atoms with Gasteiger partial charge < -0.3 is 36.5 Å². The van der Waals surface area contributed by atoms with Gasteiger partial charge in [-0.3, -0.25) is 4.79 Å². The zero-order chi connectivity index (χ0) is 19.7. The molecule has 0 unspecified atom stereocenters. The Labute approximate surface area is 156 Å². The van der Waals surface area contributed by atoms with Crippen molar-refractivity contribution in [1.29, 1.82) is 0 Å². The highest BCUT2D eigenvalue weighted by Crippen LogP contribution is 2.32. The summed E-state index contributed by atoms with van der Waals surface area (Å²) in [4.78, 5) is 33.3. The van der Waals surface area contributed by atoms with E-state index in [9.17, 15) is 19.8 Å². The molecule has 3 rings (SSSR count). The van der Waals surface area contributed by atoms with Gasteiger partial charge in [-0.05, 0) is 12.2 Å². The quantitative estimate of drug-likeness (QED) is 0.277. The first kappa shape index (κ1) is 19.6. The van der Waals surface area contributed by atoms with Gasteiger partial charge in [-0.1, -0.05) is 0 Å². The molecule has 5 atom stereocenters. The molecule has 27 heavy (non-hydrogen) atoms. The van der Waals surface area contributed by atoms with Crippen molar-refractivity contribution in [1.82, 2.24) is 19.5 Å². The molecule has 13 heteroatoms. The number of carboxylic acid groups (broad SMARTS) is 1. The Bertz CT molecular complexity index is 887. The number of carbonyl (C=O) groups is 1. The number of hydrogen-bond acceptors (Lipinski definition) is 10. The lowest BCUT2D eigenvalue weighted by Gasteiger charge is -2.15. The van der Waals surface area contributed by atoms with Crippen molar-refractivity contribution in [3.05, 3.63) is 16.8 Å². The van der Waals surface area contributed by atoms with Crippen molar-refractivity contribution in [3.63, 3.8) is 0 Å². The second-order valence-corrected chi connectivity index (χ2v) is 7.26. The molecule has 0 saturated carbocycles. The molecule has 0 spiro atoms. The van der Waals surface area contributed by atoms with Gasteiger partial charge in [0.15, 0.2) is 17.7 Å². The van der Waals surface area contributed by atoms with Crippen LogP contribution in [0.2, 0.25) is 0 Å². The standard InChI is InChI=1S/C14H20N6O6S/c15-5(13(23)24)1-2-27-3-6-8(21)9(22)12(26-6)20-11-7(19-14(20)25)10(16)17-4-18-11/h4-6,8-9,12,21-22H,1-3,15H2,(H,19,25)(H,23,24)(H2,16,17,18)/t5-,6+,8+,9+,12+/m0/s1. The van der Waals surface area contributed by atoms with Gasteiger partial charge in [-0.25, -0.2) is 19.3 Å². The fourth-order valence-electron chi connectivity index (χ4n) is 2.80. The average molecular weight is 400 g/mol. The van der Waals surface area contributed by atoms with Crippen molar-refractivity contribution in [2.75, 3.05) is 17.2 Å². The van der Waals surface area contributed by atoms with E-state index in [4.69, 9.17) is 21.3 Å². The summed E-state index contributed by atoms with van der Waals surface area (Å²) >= 11 is 1.33. The topological polar surface area (TPSA) is 203 Å². The third-order valence-corrected chi connectivity index (χ3v) is 5.39. The van der Waals surface area contributed by atoms with Crippen molar-refractivity contribution in [3.8, 4) is 0 Å². The van der Waals surface area contributed by atoms with Gasteiger partial charge in [-0.15, -0.1) is 0 Å². The molecule has 1 aliphatic rings. The van der Waals surface area contributed by atoms with Crippen molar-refractivity contribution < 1.29 is 24.9 Å². The molecular formula is C14H20N6O6S. The number of aliphatic hydroxyl groups excluding tert-OH is 2. The number of rotatable bonds is 7. The summed E-state index contributed by atoms with van der Waals surface area (Å²) in [5.74, 6) is -0.277. The van der Waals surface area contributed by atoms with E-state index in [1.807, 2.05) is 0 Å². The Hall–Kier alpha value is -2.19. The van der Waals surface area contributed by atoms with Crippen LogP contribution in [0.4, 0.5) is 5.82 Å². The predicted octanol–water partition coefficient (Wildman–Crippen LogP) is -2.14. The highest BCUT2D eigenvalue weighted by Gasteiger charge is 2.44. The van der Waals surface area contributed by atoms with Crippen molar-refractivity contribution in [2.45, 2.75) is 37.0 Å². The third-order valence-electron chi connectivity index (χ3n) is 4.30. The van der Waals surface area contributed by atoms with E-state index in [1.165, 1.54) is 18.1 Å². The average Bonchev–Trinajstić information content (AvgIpc) is 3.10. The van der Waals surface area contributed by atoms with Crippen molar-refractivity contribution in [2.24, 2.45) is 5.73 Å². The Morgan fingerprint density at radius 1 is 1.41 bits per heavy atom. The number of nitrogen functional groups attached to an aromatic ring is 1. The van der Waals surface area contributed by atoms with Crippen LogP contribution < -0.4 is 17.2 Å². The molecule has 8 N–H and O–H groups in total. The highest BCUT2D eigenvalue weighted by molar-refractivity contribution is 7.99. The van der Waals surface area contributed by atoms with Gasteiger partial charge in [0.1, 0.15) is 30.1 Å². The van der Waals surface area contributed by atoms with Gasteiger partial charge in [0, 0.05) is 5.75 Å². The number of thioether (sulfide) groups is 1. The Kier molecular flexibility index (Phi) is 5.67. The molecule has 0 aliphatic carbocycles. The van der Waals surface area contributed by atoms with Crippen LogP contribution >= 0.6 is 11.8 Å². The van der Waals surface area contributed by atoms with Crippen LogP contribution in [0.25, 0.3) is 11.2 Å². The zero-order valence-corrected chi connectivity index (χ0v) is 14.9. The molecule has 12 nitrogen and oxygen atoms in total. The van der Waals surface area contributed by atoms with Gasteiger partial charge >= 0.3 is 11.7 Å². The van der Waals surface area contributed by atoms with E-state index in [-0.39, 0.29) is 29.2 Å². The lowest BCUT2D eigenvalue weighted by atomic mass is 10.1. The highest BCUT2D eigenvalue weighted by atomic mass is 32.2. The van der Waals surface area contributed by atoms with Gasteiger partial charge in [0.05, 0.1) is 6.10 Å². The molecule has 1 fully saturated rings. The SMILES string of the molecule is Nc1ncnc2c1[nH]c(=O)n2[C@@H]1O[C@H](CSCC[C@H](N)C(=O)O)[C@@H](O)[C@H]1O. The number of anilines is 1. The number of nitrogens with one attached hydrogen (secondary N) is 1. The molecule has 1 aliphatic heterocycles.